The molecule has 0 saturated carbocycles. The van der Waals surface area contributed by atoms with Crippen molar-refractivity contribution in [1.29, 1.82) is 0 Å². The van der Waals surface area contributed by atoms with Gasteiger partial charge in [0.2, 0.25) is 0 Å². The van der Waals surface area contributed by atoms with Gasteiger partial charge in [-0.1, -0.05) is 29.8 Å². The lowest BCUT2D eigenvalue weighted by molar-refractivity contribution is 0.0974. The maximum atomic E-state index is 13.3. The number of hydrogen-bond acceptors (Lipinski definition) is 4. The zero-order valence-corrected chi connectivity index (χ0v) is 15.1. The van der Waals surface area contributed by atoms with E-state index in [-0.39, 0.29) is 11.7 Å². The van der Waals surface area contributed by atoms with E-state index in [0.717, 1.165) is 16.9 Å². The van der Waals surface area contributed by atoms with Gasteiger partial charge in [-0.15, -0.1) is 0 Å². The number of carbonyl (C=O) groups excluding carboxylic acids is 1. The first-order valence-corrected chi connectivity index (χ1v) is 8.71. The smallest absolute Gasteiger partial charge is 0.262 e. The minimum Gasteiger partial charge on any atom is -0.507 e. The number of phenols is 1. The SMILES string of the molecule is COc1ccc([C@H]2Nc3ccccc3C(=O)N2c2ccc(C)cc2)c(O)c1. The number of para-hydroxylation sites is 1. The molecule has 3 aromatic carbocycles. The summed E-state index contributed by atoms with van der Waals surface area (Å²) in [6.07, 6.45) is -0.541. The van der Waals surface area contributed by atoms with Crippen molar-refractivity contribution in [3.8, 4) is 11.5 Å². The average molecular weight is 360 g/mol. The number of methoxy groups -OCH3 is 1. The van der Waals surface area contributed by atoms with Crippen molar-refractivity contribution in [3.05, 3.63) is 83.4 Å². The Labute approximate surface area is 157 Å². The summed E-state index contributed by atoms with van der Waals surface area (Å²) >= 11 is 0. The third-order valence-corrected chi connectivity index (χ3v) is 4.77. The summed E-state index contributed by atoms with van der Waals surface area (Å²) in [6.45, 7) is 2.00. The molecule has 0 bridgehead atoms. The Balaban J connectivity index is 1.86. The molecule has 2 N–H and O–H groups in total. The molecule has 4 rings (SSSR count). The van der Waals surface area contributed by atoms with Crippen molar-refractivity contribution in [3.63, 3.8) is 0 Å². The first-order chi connectivity index (χ1) is 13.1. The number of aryl methyl sites for hydroxylation is 1. The standard InChI is InChI=1S/C22H20N2O3/c1-14-7-9-15(10-8-14)24-21(18-12-11-16(27-2)13-20(18)25)23-19-6-4-3-5-17(19)22(24)26/h3-13,21,23,25H,1-2H3/t21-/m0/s1. The number of aromatic hydroxyl groups is 1. The number of carbonyl (C=O) groups is 1. The van der Waals surface area contributed by atoms with Crippen LogP contribution in [0.3, 0.4) is 0 Å². The van der Waals surface area contributed by atoms with Crippen LogP contribution >= 0.6 is 0 Å². The maximum absolute atomic E-state index is 13.3. The molecule has 1 atom stereocenters. The van der Waals surface area contributed by atoms with E-state index < -0.39 is 6.17 Å². The van der Waals surface area contributed by atoms with Crippen molar-refractivity contribution < 1.29 is 14.6 Å². The molecule has 0 saturated heterocycles. The van der Waals surface area contributed by atoms with Gasteiger partial charge in [0, 0.05) is 23.0 Å². The molecular weight excluding hydrogens is 340 g/mol. The Kier molecular flexibility index (Phi) is 4.20. The lowest BCUT2D eigenvalue weighted by atomic mass is 10.0. The van der Waals surface area contributed by atoms with Gasteiger partial charge in [-0.3, -0.25) is 9.69 Å². The van der Waals surface area contributed by atoms with Gasteiger partial charge >= 0.3 is 0 Å². The van der Waals surface area contributed by atoms with Crippen LogP contribution < -0.4 is 15.0 Å². The summed E-state index contributed by atoms with van der Waals surface area (Å²) in [5.41, 5.74) is 3.81. The van der Waals surface area contributed by atoms with Crippen molar-refractivity contribution in [2.75, 3.05) is 17.3 Å². The number of amides is 1. The molecule has 1 amide bonds. The molecule has 1 aliphatic heterocycles. The Morgan fingerprint density at radius 3 is 2.48 bits per heavy atom. The van der Waals surface area contributed by atoms with Gasteiger partial charge in [-0.25, -0.2) is 0 Å². The molecule has 0 spiro atoms. The van der Waals surface area contributed by atoms with Crippen LogP contribution in [0.1, 0.15) is 27.7 Å². The van der Waals surface area contributed by atoms with E-state index in [1.54, 1.807) is 36.3 Å². The molecule has 0 aliphatic carbocycles. The van der Waals surface area contributed by atoms with Crippen LogP contribution in [-0.2, 0) is 0 Å². The number of nitrogens with one attached hydrogen (secondary N) is 1. The van der Waals surface area contributed by atoms with Gasteiger partial charge in [0.05, 0.1) is 12.7 Å². The van der Waals surface area contributed by atoms with Crippen LogP contribution in [0.5, 0.6) is 11.5 Å². The molecule has 136 valence electrons. The second kappa shape index (κ2) is 6.68. The van der Waals surface area contributed by atoms with Gasteiger partial charge < -0.3 is 15.2 Å². The number of anilines is 2. The number of fused-ring (bicyclic) bond motifs is 1. The van der Waals surface area contributed by atoms with E-state index in [2.05, 4.69) is 5.32 Å². The number of phenolic OH excluding ortho intramolecular Hbond substituents is 1. The van der Waals surface area contributed by atoms with E-state index in [1.165, 1.54) is 0 Å². The summed E-state index contributed by atoms with van der Waals surface area (Å²) in [5, 5.41) is 13.9. The van der Waals surface area contributed by atoms with E-state index in [4.69, 9.17) is 4.74 Å². The Morgan fingerprint density at radius 1 is 1.04 bits per heavy atom. The second-order valence-corrected chi connectivity index (χ2v) is 6.53. The number of rotatable bonds is 3. The number of benzene rings is 3. The zero-order valence-electron chi connectivity index (χ0n) is 15.1. The highest BCUT2D eigenvalue weighted by molar-refractivity contribution is 6.12. The predicted molar refractivity (Wildman–Crippen MR) is 105 cm³/mol. The molecule has 0 unspecified atom stereocenters. The Bertz CT molecular complexity index is 999. The van der Waals surface area contributed by atoms with Crippen molar-refractivity contribution in [1.82, 2.24) is 0 Å². The summed E-state index contributed by atoms with van der Waals surface area (Å²) in [6, 6.07) is 20.2. The molecular formula is C22H20N2O3. The molecule has 0 fully saturated rings. The molecule has 27 heavy (non-hydrogen) atoms. The van der Waals surface area contributed by atoms with Crippen molar-refractivity contribution in [2.24, 2.45) is 0 Å². The molecule has 0 aromatic heterocycles. The normalized spacial score (nSPS) is 15.9. The molecule has 1 aliphatic rings. The van der Waals surface area contributed by atoms with Crippen LogP contribution in [0.4, 0.5) is 11.4 Å². The summed E-state index contributed by atoms with van der Waals surface area (Å²) in [7, 11) is 1.55. The van der Waals surface area contributed by atoms with Gasteiger partial charge in [-0.2, -0.15) is 0 Å². The topological polar surface area (TPSA) is 61.8 Å². The van der Waals surface area contributed by atoms with Crippen LogP contribution in [0.15, 0.2) is 66.7 Å². The minimum atomic E-state index is -0.541. The fourth-order valence-electron chi connectivity index (χ4n) is 3.32. The first-order valence-electron chi connectivity index (χ1n) is 8.71. The second-order valence-electron chi connectivity index (χ2n) is 6.53. The summed E-state index contributed by atoms with van der Waals surface area (Å²) in [5.74, 6) is 0.505. The average Bonchev–Trinajstić information content (AvgIpc) is 2.69. The van der Waals surface area contributed by atoms with Crippen LogP contribution in [0.2, 0.25) is 0 Å². The third kappa shape index (κ3) is 2.97. The van der Waals surface area contributed by atoms with Crippen molar-refractivity contribution >= 4 is 17.3 Å². The minimum absolute atomic E-state index is 0.0659. The number of ether oxygens (including phenoxy) is 1. The highest BCUT2D eigenvalue weighted by atomic mass is 16.5. The van der Waals surface area contributed by atoms with Crippen LogP contribution in [0.25, 0.3) is 0 Å². The third-order valence-electron chi connectivity index (χ3n) is 4.77. The highest BCUT2D eigenvalue weighted by Gasteiger charge is 2.35. The molecule has 3 aromatic rings. The molecule has 5 nitrogen and oxygen atoms in total. The van der Waals surface area contributed by atoms with Gasteiger partial charge in [0.15, 0.2) is 0 Å². The van der Waals surface area contributed by atoms with Gasteiger partial charge in [0.25, 0.3) is 5.91 Å². The Hall–Kier alpha value is -3.47. The van der Waals surface area contributed by atoms with E-state index in [1.807, 2.05) is 49.4 Å². The molecule has 5 heteroatoms. The van der Waals surface area contributed by atoms with E-state index >= 15 is 0 Å². The monoisotopic (exact) mass is 360 g/mol. The van der Waals surface area contributed by atoms with Crippen LogP contribution in [-0.4, -0.2) is 18.1 Å². The summed E-state index contributed by atoms with van der Waals surface area (Å²) in [4.78, 5) is 15.0. The molecule has 1 heterocycles. The lowest BCUT2D eigenvalue weighted by Gasteiger charge is -2.38. The van der Waals surface area contributed by atoms with Gasteiger partial charge in [-0.05, 0) is 43.3 Å². The van der Waals surface area contributed by atoms with E-state index in [0.29, 0.717) is 16.9 Å². The maximum Gasteiger partial charge on any atom is 0.262 e. The fraction of sp³-hybridized carbons (Fsp3) is 0.136. The number of nitrogens with zero attached hydrogens (tertiary/aromatic N) is 1. The van der Waals surface area contributed by atoms with Crippen molar-refractivity contribution in [2.45, 2.75) is 13.1 Å². The number of hydrogen-bond donors (Lipinski definition) is 2. The van der Waals surface area contributed by atoms with Gasteiger partial charge in [0.1, 0.15) is 17.7 Å². The quantitative estimate of drug-likeness (QED) is 0.723. The van der Waals surface area contributed by atoms with Crippen LogP contribution in [0, 0.1) is 6.92 Å². The van der Waals surface area contributed by atoms with E-state index in [9.17, 15) is 9.90 Å². The molecule has 0 radical (unpaired) electrons. The zero-order chi connectivity index (χ0) is 19.0. The summed E-state index contributed by atoms with van der Waals surface area (Å²) < 4.78 is 5.18. The Morgan fingerprint density at radius 2 is 1.78 bits per heavy atom. The lowest BCUT2D eigenvalue weighted by Crippen LogP contribution is -2.43. The predicted octanol–water partition coefficient (Wildman–Crippen LogP) is 4.48. The largest absolute Gasteiger partial charge is 0.507 e. The fourth-order valence-corrected chi connectivity index (χ4v) is 3.32. The highest BCUT2D eigenvalue weighted by Crippen LogP contribution is 2.40. The first kappa shape index (κ1) is 17.0.